The molecule has 0 bridgehead atoms. The lowest BCUT2D eigenvalue weighted by atomic mass is 9.89. The van der Waals surface area contributed by atoms with Crippen LogP contribution < -0.4 is 10.6 Å². The third kappa shape index (κ3) is 5.03. The van der Waals surface area contributed by atoms with Gasteiger partial charge in [-0.05, 0) is 66.3 Å². The van der Waals surface area contributed by atoms with Crippen LogP contribution in [-0.2, 0) is 6.54 Å². The maximum atomic E-state index is 13.0. The molecule has 2 N–H and O–H groups in total. The van der Waals surface area contributed by atoms with Crippen molar-refractivity contribution >= 4 is 44.8 Å². The molecule has 3 amide bonds. The number of hydrogen-bond donors (Lipinski definition) is 2. The Labute approximate surface area is 218 Å². The number of piperidine rings is 1. The quantitative estimate of drug-likeness (QED) is 0.336. The first-order chi connectivity index (χ1) is 18.1. The normalized spacial score (nSPS) is 14.2. The molecule has 0 atom stereocenters. The van der Waals surface area contributed by atoms with Gasteiger partial charge in [0.2, 0.25) is 0 Å². The number of nitrogens with one attached hydrogen (secondary N) is 2. The number of para-hydroxylation sites is 1. The minimum atomic E-state index is -0.252. The summed E-state index contributed by atoms with van der Waals surface area (Å²) in [4.78, 5) is 36.1. The topological polar surface area (TPSA) is 91.6 Å². The van der Waals surface area contributed by atoms with E-state index in [4.69, 9.17) is 0 Å². The van der Waals surface area contributed by atoms with Gasteiger partial charge in [-0.1, -0.05) is 24.3 Å². The number of imidazole rings is 1. The second-order valence-corrected chi connectivity index (χ2v) is 10.2. The number of fused-ring (bicyclic) bond motifs is 2. The number of benzene rings is 2. The van der Waals surface area contributed by atoms with E-state index in [0.29, 0.717) is 30.6 Å². The van der Waals surface area contributed by atoms with E-state index in [9.17, 15) is 9.59 Å². The van der Waals surface area contributed by atoms with Gasteiger partial charge in [-0.2, -0.15) is 0 Å². The van der Waals surface area contributed by atoms with Gasteiger partial charge in [-0.25, -0.2) is 14.8 Å². The second-order valence-electron chi connectivity index (χ2n) is 9.21. The van der Waals surface area contributed by atoms with Crippen molar-refractivity contribution in [3.8, 4) is 0 Å². The molecular formula is C28H26N6O2S. The predicted octanol–water partition coefficient (Wildman–Crippen LogP) is 5.29. The summed E-state index contributed by atoms with van der Waals surface area (Å²) < 4.78 is 2.97. The Morgan fingerprint density at radius 2 is 1.81 bits per heavy atom. The van der Waals surface area contributed by atoms with Crippen molar-refractivity contribution in [1.82, 2.24) is 24.6 Å². The Kier molecular flexibility index (Phi) is 6.28. The van der Waals surface area contributed by atoms with Crippen molar-refractivity contribution in [2.75, 3.05) is 18.4 Å². The summed E-state index contributed by atoms with van der Waals surface area (Å²) in [5.41, 5.74) is 4.68. The molecule has 2 aromatic carbocycles. The highest BCUT2D eigenvalue weighted by atomic mass is 32.1. The van der Waals surface area contributed by atoms with Gasteiger partial charge in [0.15, 0.2) is 5.01 Å². The van der Waals surface area contributed by atoms with Gasteiger partial charge in [0.1, 0.15) is 5.65 Å². The number of anilines is 1. The van der Waals surface area contributed by atoms with Crippen molar-refractivity contribution in [3.05, 3.63) is 95.4 Å². The lowest BCUT2D eigenvalue weighted by molar-refractivity contribution is 0.0713. The number of pyridine rings is 1. The lowest BCUT2D eigenvalue weighted by Crippen LogP contribution is -2.37. The molecule has 37 heavy (non-hydrogen) atoms. The van der Waals surface area contributed by atoms with Gasteiger partial charge < -0.3 is 19.9 Å². The lowest BCUT2D eigenvalue weighted by Gasteiger charge is -2.31. The van der Waals surface area contributed by atoms with E-state index in [1.165, 1.54) is 16.9 Å². The van der Waals surface area contributed by atoms with E-state index >= 15 is 0 Å². The number of nitrogens with zero attached hydrogens (tertiary/aromatic N) is 4. The Bertz CT molecular complexity index is 1530. The second kappa shape index (κ2) is 10.0. The number of aromatic nitrogens is 3. The fourth-order valence-electron chi connectivity index (χ4n) is 4.77. The van der Waals surface area contributed by atoms with Gasteiger partial charge in [0.25, 0.3) is 5.91 Å². The van der Waals surface area contributed by atoms with Crippen LogP contribution in [0.4, 0.5) is 10.5 Å². The molecule has 6 rings (SSSR count). The first kappa shape index (κ1) is 23.2. The van der Waals surface area contributed by atoms with Crippen LogP contribution in [0.15, 0.2) is 79.3 Å². The first-order valence-electron chi connectivity index (χ1n) is 12.3. The predicted molar refractivity (Wildman–Crippen MR) is 145 cm³/mol. The number of urea groups is 1. The maximum Gasteiger partial charge on any atom is 0.319 e. The van der Waals surface area contributed by atoms with Gasteiger partial charge in [0, 0.05) is 43.9 Å². The molecule has 9 heteroatoms. The molecule has 0 spiro atoms. The summed E-state index contributed by atoms with van der Waals surface area (Å²) in [6.07, 6.45) is 7.37. The van der Waals surface area contributed by atoms with Crippen LogP contribution in [0, 0.1) is 0 Å². The maximum absolute atomic E-state index is 13.0. The average molecular weight is 511 g/mol. The molecule has 1 aliphatic heterocycles. The number of likely N-dealkylation sites (tertiary alicyclic amines) is 1. The van der Waals surface area contributed by atoms with Crippen molar-refractivity contribution < 1.29 is 9.59 Å². The van der Waals surface area contributed by atoms with Crippen LogP contribution in [0.25, 0.3) is 15.9 Å². The summed E-state index contributed by atoms with van der Waals surface area (Å²) in [5, 5.41) is 6.35. The zero-order valence-corrected chi connectivity index (χ0v) is 20.9. The fraction of sp³-hybridized carbons (Fsp3) is 0.214. The zero-order chi connectivity index (χ0) is 25.2. The molecule has 186 valence electrons. The molecule has 0 aliphatic carbocycles. The summed E-state index contributed by atoms with van der Waals surface area (Å²) >= 11 is 1.46. The van der Waals surface area contributed by atoms with Crippen molar-refractivity contribution in [1.29, 1.82) is 0 Å². The summed E-state index contributed by atoms with van der Waals surface area (Å²) in [6, 6.07) is 19.5. The SMILES string of the molecule is O=C(NCc1ccn2ccnc2c1)Nc1ccc(C2CCN(C(=O)c3nc4ccccc4s3)CC2)cc1. The first-order valence-corrected chi connectivity index (χ1v) is 13.2. The monoisotopic (exact) mass is 510 g/mol. The zero-order valence-electron chi connectivity index (χ0n) is 20.1. The Hall–Kier alpha value is -4.24. The van der Waals surface area contributed by atoms with E-state index < -0.39 is 0 Å². The number of rotatable bonds is 5. The van der Waals surface area contributed by atoms with Crippen LogP contribution in [0.2, 0.25) is 0 Å². The minimum Gasteiger partial charge on any atom is -0.337 e. The molecule has 3 aromatic heterocycles. The van der Waals surface area contributed by atoms with E-state index in [-0.39, 0.29) is 11.9 Å². The largest absolute Gasteiger partial charge is 0.337 e. The number of thiazole rings is 1. The van der Waals surface area contributed by atoms with E-state index in [1.54, 1.807) is 6.20 Å². The Morgan fingerprint density at radius 1 is 1.00 bits per heavy atom. The number of amides is 3. The molecule has 4 heterocycles. The van der Waals surface area contributed by atoms with Crippen LogP contribution in [-0.4, -0.2) is 44.3 Å². The van der Waals surface area contributed by atoms with E-state index in [1.807, 2.05) is 70.2 Å². The molecule has 8 nitrogen and oxygen atoms in total. The third-order valence-electron chi connectivity index (χ3n) is 6.81. The Balaban J connectivity index is 0.998. The molecule has 1 saturated heterocycles. The molecule has 5 aromatic rings. The van der Waals surface area contributed by atoms with Gasteiger partial charge >= 0.3 is 6.03 Å². The van der Waals surface area contributed by atoms with Crippen LogP contribution in [0.5, 0.6) is 0 Å². The highest BCUT2D eigenvalue weighted by molar-refractivity contribution is 7.20. The number of hydrogen-bond acceptors (Lipinski definition) is 5. The fourth-order valence-corrected chi connectivity index (χ4v) is 5.71. The smallest absolute Gasteiger partial charge is 0.319 e. The molecule has 0 saturated carbocycles. The average Bonchev–Trinajstić information content (AvgIpc) is 3.59. The number of carbonyl (C=O) groups is 2. The van der Waals surface area contributed by atoms with Gasteiger partial charge in [-0.15, -0.1) is 11.3 Å². The van der Waals surface area contributed by atoms with Crippen molar-refractivity contribution in [3.63, 3.8) is 0 Å². The van der Waals surface area contributed by atoms with Crippen LogP contribution in [0.3, 0.4) is 0 Å². The van der Waals surface area contributed by atoms with E-state index in [2.05, 4.69) is 32.7 Å². The molecule has 0 unspecified atom stereocenters. The Morgan fingerprint density at radius 3 is 2.62 bits per heavy atom. The van der Waals surface area contributed by atoms with Gasteiger partial charge in [-0.3, -0.25) is 4.79 Å². The van der Waals surface area contributed by atoms with E-state index in [0.717, 1.165) is 40.0 Å². The molecular weight excluding hydrogens is 484 g/mol. The summed E-state index contributed by atoms with van der Waals surface area (Å²) in [5.74, 6) is 0.412. The minimum absolute atomic E-state index is 0.0231. The van der Waals surface area contributed by atoms with Crippen LogP contribution in [0.1, 0.15) is 39.7 Å². The molecule has 1 aliphatic rings. The summed E-state index contributed by atoms with van der Waals surface area (Å²) in [6.45, 7) is 1.85. The van der Waals surface area contributed by atoms with Crippen molar-refractivity contribution in [2.24, 2.45) is 0 Å². The van der Waals surface area contributed by atoms with Crippen LogP contribution >= 0.6 is 11.3 Å². The third-order valence-corrected chi connectivity index (χ3v) is 7.84. The highest BCUT2D eigenvalue weighted by Gasteiger charge is 2.26. The standard InChI is InChI=1S/C28H26N6O2S/c35-27(26-32-23-3-1-2-4-24(23)37-26)34-14-10-21(11-15-34)20-5-7-22(8-6-20)31-28(36)30-18-19-9-13-33-16-12-29-25(33)17-19/h1-9,12-13,16-17,21H,10-11,14-15,18H2,(H2,30,31,36). The highest BCUT2D eigenvalue weighted by Crippen LogP contribution is 2.30. The summed E-state index contributed by atoms with van der Waals surface area (Å²) in [7, 11) is 0. The number of carbonyl (C=O) groups excluding carboxylic acids is 2. The molecule has 0 radical (unpaired) electrons. The van der Waals surface area contributed by atoms with Crippen molar-refractivity contribution in [2.45, 2.75) is 25.3 Å². The molecule has 1 fully saturated rings. The van der Waals surface area contributed by atoms with Gasteiger partial charge in [0.05, 0.1) is 10.2 Å².